The maximum Gasteiger partial charge on any atom is 0.271 e. The van der Waals surface area contributed by atoms with E-state index in [0.717, 1.165) is 6.42 Å². The standard InChI is InChI=1S/C11H18N4O/c1-4-15-9(7(12)6-13-15)10(16)14-8-5-11(8,2)3/h6,8H,4-5,12H2,1-3H3,(H,14,16). The minimum Gasteiger partial charge on any atom is -0.396 e. The van der Waals surface area contributed by atoms with Gasteiger partial charge in [-0.15, -0.1) is 0 Å². The van der Waals surface area contributed by atoms with Crippen LogP contribution in [0.25, 0.3) is 0 Å². The second kappa shape index (κ2) is 3.50. The lowest BCUT2D eigenvalue weighted by molar-refractivity contribution is 0.0936. The average molecular weight is 222 g/mol. The van der Waals surface area contributed by atoms with Crippen LogP contribution in [0, 0.1) is 5.41 Å². The van der Waals surface area contributed by atoms with Gasteiger partial charge in [-0.3, -0.25) is 9.48 Å². The summed E-state index contributed by atoms with van der Waals surface area (Å²) >= 11 is 0. The quantitative estimate of drug-likeness (QED) is 0.801. The normalized spacial score (nSPS) is 21.8. The fourth-order valence-electron chi connectivity index (χ4n) is 1.83. The number of aryl methyl sites for hydroxylation is 1. The van der Waals surface area contributed by atoms with E-state index in [-0.39, 0.29) is 17.4 Å². The molecule has 16 heavy (non-hydrogen) atoms. The molecule has 0 saturated heterocycles. The first-order valence-electron chi connectivity index (χ1n) is 5.58. The molecule has 1 aliphatic rings. The molecule has 3 N–H and O–H groups in total. The van der Waals surface area contributed by atoms with Gasteiger partial charge >= 0.3 is 0 Å². The molecule has 88 valence electrons. The number of carbonyl (C=O) groups excluding carboxylic acids is 1. The van der Waals surface area contributed by atoms with E-state index in [9.17, 15) is 4.79 Å². The summed E-state index contributed by atoms with van der Waals surface area (Å²) in [6, 6.07) is 0.264. The minimum absolute atomic E-state index is 0.118. The highest BCUT2D eigenvalue weighted by Crippen LogP contribution is 2.44. The molecule has 1 unspecified atom stereocenters. The van der Waals surface area contributed by atoms with Gasteiger partial charge in [0.05, 0.1) is 11.9 Å². The molecule has 1 atom stereocenters. The summed E-state index contributed by atoms with van der Waals surface area (Å²) in [6.45, 7) is 6.86. The summed E-state index contributed by atoms with van der Waals surface area (Å²) in [5, 5.41) is 7.03. The Bertz CT molecular complexity index is 422. The van der Waals surface area contributed by atoms with Crippen molar-refractivity contribution in [3.8, 4) is 0 Å². The lowest BCUT2D eigenvalue weighted by Crippen LogP contribution is -2.31. The summed E-state index contributed by atoms with van der Waals surface area (Å²) in [5.74, 6) is -0.118. The van der Waals surface area contributed by atoms with Crippen molar-refractivity contribution in [1.82, 2.24) is 15.1 Å². The average Bonchev–Trinajstić information content (AvgIpc) is 2.64. The predicted molar refractivity (Wildman–Crippen MR) is 62.0 cm³/mol. The molecule has 1 amide bonds. The number of nitrogen functional groups attached to an aromatic ring is 1. The molecule has 1 aromatic heterocycles. The summed E-state index contributed by atoms with van der Waals surface area (Å²) in [7, 11) is 0. The van der Waals surface area contributed by atoms with E-state index in [1.807, 2.05) is 6.92 Å². The van der Waals surface area contributed by atoms with Crippen LogP contribution in [0.3, 0.4) is 0 Å². The third-order valence-electron chi connectivity index (χ3n) is 3.20. The molecule has 0 aromatic carbocycles. The van der Waals surface area contributed by atoms with Crippen molar-refractivity contribution in [2.75, 3.05) is 5.73 Å². The van der Waals surface area contributed by atoms with Gasteiger partial charge in [0.25, 0.3) is 5.91 Å². The topological polar surface area (TPSA) is 72.9 Å². The van der Waals surface area contributed by atoms with Crippen LogP contribution < -0.4 is 11.1 Å². The number of nitrogens with zero attached hydrogens (tertiary/aromatic N) is 2. The first kappa shape index (κ1) is 11.0. The minimum atomic E-state index is -0.118. The molecule has 1 aliphatic carbocycles. The third kappa shape index (κ3) is 1.77. The number of aromatic nitrogens is 2. The lowest BCUT2D eigenvalue weighted by atomic mass is 10.2. The molecule has 5 nitrogen and oxygen atoms in total. The van der Waals surface area contributed by atoms with Gasteiger partial charge < -0.3 is 11.1 Å². The van der Waals surface area contributed by atoms with Crippen LogP contribution in [-0.4, -0.2) is 21.7 Å². The van der Waals surface area contributed by atoms with Gasteiger partial charge in [0, 0.05) is 12.6 Å². The van der Waals surface area contributed by atoms with Gasteiger partial charge in [-0.2, -0.15) is 5.10 Å². The van der Waals surface area contributed by atoms with E-state index < -0.39 is 0 Å². The summed E-state index contributed by atoms with van der Waals surface area (Å²) < 4.78 is 1.63. The summed E-state index contributed by atoms with van der Waals surface area (Å²) in [4.78, 5) is 12.0. The third-order valence-corrected chi connectivity index (χ3v) is 3.20. The van der Waals surface area contributed by atoms with Crippen molar-refractivity contribution in [2.24, 2.45) is 5.41 Å². The molecule has 0 bridgehead atoms. The Hall–Kier alpha value is -1.52. The Morgan fingerprint density at radius 3 is 2.88 bits per heavy atom. The number of rotatable bonds is 3. The van der Waals surface area contributed by atoms with E-state index in [1.54, 1.807) is 4.68 Å². The number of hydrogen-bond donors (Lipinski definition) is 2. The van der Waals surface area contributed by atoms with E-state index in [1.165, 1.54) is 6.20 Å². The Labute approximate surface area is 95.0 Å². The smallest absolute Gasteiger partial charge is 0.271 e. The van der Waals surface area contributed by atoms with Crippen LogP contribution in [0.15, 0.2) is 6.20 Å². The van der Waals surface area contributed by atoms with Crippen LogP contribution in [0.4, 0.5) is 5.69 Å². The lowest BCUT2D eigenvalue weighted by Gasteiger charge is -2.08. The van der Waals surface area contributed by atoms with Crippen LogP contribution >= 0.6 is 0 Å². The molecule has 1 heterocycles. The van der Waals surface area contributed by atoms with E-state index in [4.69, 9.17) is 5.73 Å². The second-order valence-corrected chi connectivity index (χ2v) is 4.98. The molecule has 0 aliphatic heterocycles. The predicted octanol–water partition coefficient (Wildman–Crippen LogP) is 1.01. The molecular weight excluding hydrogens is 204 g/mol. The fraction of sp³-hybridized carbons (Fsp3) is 0.636. The molecule has 5 heteroatoms. The SMILES string of the molecule is CCn1ncc(N)c1C(=O)NC1CC1(C)C. The largest absolute Gasteiger partial charge is 0.396 e. The first-order chi connectivity index (χ1) is 7.45. The monoisotopic (exact) mass is 222 g/mol. The maximum absolute atomic E-state index is 12.0. The van der Waals surface area contributed by atoms with E-state index >= 15 is 0 Å². The first-order valence-corrected chi connectivity index (χ1v) is 5.58. The highest BCUT2D eigenvalue weighted by Gasteiger charge is 2.46. The summed E-state index contributed by atoms with van der Waals surface area (Å²) in [6.07, 6.45) is 2.55. The Morgan fingerprint density at radius 2 is 2.38 bits per heavy atom. The van der Waals surface area contributed by atoms with Gasteiger partial charge in [0.2, 0.25) is 0 Å². The Morgan fingerprint density at radius 1 is 1.75 bits per heavy atom. The molecule has 2 rings (SSSR count). The van der Waals surface area contributed by atoms with Crippen molar-refractivity contribution in [3.63, 3.8) is 0 Å². The molecule has 0 spiro atoms. The van der Waals surface area contributed by atoms with Crippen LogP contribution in [0.1, 0.15) is 37.7 Å². The Balaban J connectivity index is 2.12. The zero-order chi connectivity index (χ0) is 11.9. The Kier molecular flexibility index (Phi) is 2.40. The highest BCUT2D eigenvalue weighted by molar-refractivity contribution is 5.97. The molecule has 1 fully saturated rings. The molecular formula is C11H18N4O. The number of carbonyl (C=O) groups is 1. The molecule has 1 saturated carbocycles. The number of nitrogens with one attached hydrogen (secondary N) is 1. The maximum atomic E-state index is 12.0. The molecule has 1 aromatic rings. The van der Waals surface area contributed by atoms with Gasteiger partial charge in [-0.25, -0.2) is 0 Å². The van der Waals surface area contributed by atoms with Crippen LogP contribution in [-0.2, 0) is 6.54 Å². The van der Waals surface area contributed by atoms with Crippen molar-refractivity contribution in [2.45, 2.75) is 39.8 Å². The second-order valence-electron chi connectivity index (χ2n) is 4.98. The number of nitrogens with two attached hydrogens (primary N) is 1. The number of hydrogen-bond acceptors (Lipinski definition) is 3. The zero-order valence-corrected chi connectivity index (χ0v) is 9.95. The van der Waals surface area contributed by atoms with Gasteiger partial charge in [-0.05, 0) is 18.8 Å². The van der Waals surface area contributed by atoms with Crippen LogP contribution in [0.5, 0.6) is 0 Å². The van der Waals surface area contributed by atoms with Gasteiger partial charge in [-0.1, -0.05) is 13.8 Å². The number of amides is 1. The van der Waals surface area contributed by atoms with E-state index in [2.05, 4.69) is 24.3 Å². The van der Waals surface area contributed by atoms with Crippen molar-refractivity contribution < 1.29 is 4.79 Å². The van der Waals surface area contributed by atoms with Crippen molar-refractivity contribution in [1.29, 1.82) is 0 Å². The zero-order valence-electron chi connectivity index (χ0n) is 9.95. The fourth-order valence-corrected chi connectivity index (χ4v) is 1.83. The van der Waals surface area contributed by atoms with Gasteiger partial charge in [0.15, 0.2) is 0 Å². The van der Waals surface area contributed by atoms with Crippen LogP contribution in [0.2, 0.25) is 0 Å². The number of anilines is 1. The molecule has 0 radical (unpaired) electrons. The highest BCUT2D eigenvalue weighted by atomic mass is 16.2. The van der Waals surface area contributed by atoms with Gasteiger partial charge in [0.1, 0.15) is 5.69 Å². The van der Waals surface area contributed by atoms with Crippen molar-refractivity contribution >= 4 is 11.6 Å². The van der Waals surface area contributed by atoms with Crippen molar-refractivity contribution in [3.05, 3.63) is 11.9 Å². The van der Waals surface area contributed by atoms with E-state index in [0.29, 0.717) is 17.9 Å². The summed E-state index contributed by atoms with van der Waals surface area (Å²) in [5.41, 5.74) is 6.88.